The molecule has 0 saturated carbocycles. The Morgan fingerprint density at radius 3 is 1.06 bits per heavy atom. The maximum atomic E-state index is 2.30. The van der Waals surface area contributed by atoms with Gasteiger partial charge in [-0.2, -0.15) is 0 Å². The van der Waals surface area contributed by atoms with E-state index in [2.05, 4.69) is 67.6 Å². The maximum Gasteiger partial charge on any atom is 0.00893 e. The number of benzene rings is 2. The molecule has 0 nitrogen and oxygen atoms in total. The van der Waals surface area contributed by atoms with Crippen LogP contribution in [0.5, 0.6) is 0 Å². The minimum absolute atomic E-state index is 0.550. The molecule has 0 atom stereocenters. The van der Waals surface area contributed by atoms with Crippen LogP contribution in [-0.4, -0.2) is 0 Å². The quantitative estimate of drug-likeness (QED) is 0.182. The molecule has 0 fully saturated rings. The molecule has 0 heterocycles. The van der Waals surface area contributed by atoms with Gasteiger partial charge in [0.1, 0.15) is 0 Å². The van der Waals surface area contributed by atoms with E-state index in [4.69, 9.17) is 0 Å². The van der Waals surface area contributed by atoms with Gasteiger partial charge in [-0.15, -0.1) is 0 Å². The Bertz CT molecular complexity index is 590. The van der Waals surface area contributed by atoms with E-state index < -0.39 is 0 Å². The monoisotopic (exact) mass is 434 g/mol. The summed E-state index contributed by atoms with van der Waals surface area (Å²) in [6, 6.07) is 22.2. The molecule has 32 heavy (non-hydrogen) atoms. The van der Waals surface area contributed by atoms with Gasteiger partial charge in [-0.05, 0) is 17.5 Å². The van der Waals surface area contributed by atoms with E-state index >= 15 is 0 Å². The Labute approximate surface area is 200 Å². The minimum Gasteiger partial charge on any atom is -0.0654 e. The van der Waals surface area contributed by atoms with Crippen LogP contribution in [0.15, 0.2) is 60.7 Å². The maximum absolute atomic E-state index is 2.30. The summed E-state index contributed by atoms with van der Waals surface area (Å²) in [4.78, 5) is 0. The summed E-state index contributed by atoms with van der Waals surface area (Å²) in [5.74, 6) is 0.550. The predicted octanol–water partition coefficient (Wildman–Crippen LogP) is 10.9. The van der Waals surface area contributed by atoms with Crippen LogP contribution in [0.3, 0.4) is 0 Å². The van der Waals surface area contributed by atoms with Crippen LogP contribution >= 0.6 is 0 Å². The van der Waals surface area contributed by atoms with Gasteiger partial charge in [0.15, 0.2) is 0 Å². The van der Waals surface area contributed by atoms with Crippen molar-refractivity contribution in [3.8, 4) is 0 Å². The second-order valence-corrected chi connectivity index (χ2v) is 9.82. The average Bonchev–Trinajstić information content (AvgIpc) is 2.84. The van der Waals surface area contributed by atoms with Crippen LogP contribution < -0.4 is 0 Å². The molecule has 178 valence electrons. The summed E-state index contributed by atoms with van der Waals surface area (Å²) in [7, 11) is 0. The standard InChI is InChI=1S/C32H50/c1-2-3-4-5-6-7-8-9-10-11-12-13-14-15-16-17-24-29-32(30-25-20-18-21-26-30)31-27-22-19-23-28-31/h18-23,25-28,32H,2-17,24,29H2,1H3. The average molecular weight is 435 g/mol. The molecule has 0 spiro atoms. The first-order valence-electron chi connectivity index (χ1n) is 14.0. The molecule has 2 rings (SSSR count). The molecule has 2 aromatic carbocycles. The first-order chi connectivity index (χ1) is 15.9. The summed E-state index contributed by atoms with van der Waals surface area (Å²) < 4.78 is 0. The van der Waals surface area contributed by atoms with Crippen LogP contribution in [0.4, 0.5) is 0 Å². The van der Waals surface area contributed by atoms with Crippen LogP contribution in [0.25, 0.3) is 0 Å². The molecule has 2 aromatic rings. The van der Waals surface area contributed by atoms with Crippen molar-refractivity contribution in [2.24, 2.45) is 0 Å². The molecule has 0 N–H and O–H groups in total. The highest BCUT2D eigenvalue weighted by Gasteiger charge is 2.13. The number of hydrogen-bond acceptors (Lipinski definition) is 0. The van der Waals surface area contributed by atoms with Gasteiger partial charge in [0.25, 0.3) is 0 Å². The van der Waals surface area contributed by atoms with Gasteiger partial charge in [-0.3, -0.25) is 0 Å². The van der Waals surface area contributed by atoms with E-state index in [9.17, 15) is 0 Å². The zero-order valence-corrected chi connectivity index (χ0v) is 21.1. The van der Waals surface area contributed by atoms with Gasteiger partial charge < -0.3 is 0 Å². The van der Waals surface area contributed by atoms with E-state index in [1.165, 1.54) is 127 Å². The fraction of sp³-hybridized carbons (Fsp3) is 0.625. The lowest BCUT2D eigenvalue weighted by molar-refractivity contribution is 0.522. The van der Waals surface area contributed by atoms with Gasteiger partial charge in [-0.1, -0.05) is 177 Å². The van der Waals surface area contributed by atoms with E-state index in [0.29, 0.717) is 5.92 Å². The van der Waals surface area contributed by atoms with Gasteiger partial charge in [0.2, 0.25) is 0 Å². The summed E-state index contributed by atoms with van der Waals surface area (Å²) in [6.07, 6.45) is 25.7. The highest BCUT2D eigenvalue weighted by atomic mass is 14.2. The van der Waals surface area contributed by atoms with Crippen molar-refractivity contribution >= 4 is 0 Å². The number of hydrogen-bond donors (Lipinski definition) is 0. The van der Waals surface area contributed by atoms with Crippen molar-refractivity contribution in [1.82, 2.24) is 0 Å². The molecule has 0 radical (unpaired) electrons. The van der Waals surface area contributed by atoms with Crippen molar-refractivity contribution in [1.29, 1.82) is 0 Å². The van der Waals surface area contributed by atoms with E-state index in [1.54, 1.807) is 0 Å². The first-order valence-corrected chi connectivity index (χ1v) is 14.0. The fourth-order valence-corrected chi connectivity index (χ4v) is 4.97. The Balaban J connectivity index is 1.44. The molecule has 0 aromatic heterocycles. The molecule has 0 amide bonds. The van der Waals surface area contributed by atoms with Gasteiger partial charge >= 0.3 is 0 Å². The normalized spacial score (nSPS) is 11.3. The molecule has 0 saturated heterocycles. The lowest BCUT2D eigenvalue weighted by Gasteiger charge is -2.18. The SMILES string of the molecule is CCCCCCCCCCCCCCCCCCCC(c1ccccc1)c1ccccc1. The molecule has 0 bridgehead atoms. The Morgan fingerprint density at radius 1 is 0.406 bits per heavy atom. The van der Waals surface area contributed by atoms with Crippen molar-refractivity contribution in [2.75, 3.05) is 0 Å². The molecule has 0 aliphatic heterocycles. The van der Waals surface area contributed by atoms with Crippen molar-refractivity contribution < 1.29 is 0 Å². The molecule has 0 unspecified atom stereocenters. The first kappa shape index (κ1) is 26.7. The van der Waals surface area contributed by atoms with Gasteiger partial charge in [0, 0.05) is 5.92 Å². The zero-order chi connectivity index (χ0) is 22.5. The van der Waals surface area contributed by atoms with Crippen LogP contribution in [-0.2, 0) is 0 Å². The minimum atomic E-state index is 0.550. The zero-order valence-electron chi connectivity index (χ0n) is 21.1. The Hall–Kier alpha value is -1.56. The largest absolute Gasteiger partial charge is 0.0654 e. The summed E-state index contributed by atoms with van der Waals surface area (Å²) in [5, 5.41) is 0. The van der Waals surface area contributed by atoms with Crippen molar-refractivity contribution in [3.05, 3.63) is 71.8 Å². The second kappa shape index (κ2) is 19.0. The lowest BCUT2D eigenvalue weighted by Crippen LogP contribution is -2.01. The number of rotatable bonds is 20. The third-order valence-electron chi connectivity index (χ3n) is 7.00. The molecular formula is C32H50. The highest BCUT2D eigenvalue weighted by Crippen LogP contribution is 2.30. The van der Waals surface area contributed by atoms with Crippen molar-refractivity contribution in [2.45, 2.75) is 128 Å². The third kappa shape index (κ3) is 12.5. The van der Waals surface area contributed by atoms with Crippen LogP contribution in [0, 0.1) is 0 Å². The van der Waals surface area contributed by atoms with Crippen LogP contribution in [0.2, 0.25) is 0 Å². The van der Waals surface area contributed by atoms with Crippen molar-refractivity contribution in [3.63, 3.8) is 0 Å². The molecular weight excluding hydrogens is 384 g/mol. The third-order valence-corrected chi connectivity index (χ3v) is 7.00. The Kier molecular flexibility index (Phi) is 15.8. The Morgan fingerprint density at radius 2 is 0.719 bits per heavy atom. The highest BCUT2D eigenvalue weighted by molar-refractivity contribution is 5.32. The topological polar surface area (TPSA) is 0 Å². The van der Waals surface area contributed by atoms with E-state index in [-0.39, 0.29) is 0 Å². The lowest BCUT2D eigenvalue weighted by atomic mass is 9.87. The van der Waals surface area contributed by atoms with E-state index in [0.717, 1.165) is 0 Å². The summed E-state index contributed by atoms with van der Waals surface area (Å²) in [5.41, 5.74) is 2.94. The summed E-state index contributed by atoms with van der Waals surface area (Å²) in [6.45, 7) is 2.30. The fourth-order valence-electron chi connectivity index (χ4n) is 4.97. The second-order valence-electron chi connectivity index (χ2n) is 9.82. The summed E-state index contributed by atoms with van der Waals surface area (Å²) >= 11 is 0. The predicted molar refractivity (Wildman–Crippen MR) is 144 cm³/mol. The molecule has 0 aliphatic rings. The smallest absolute Gasteiger partial charge is 0.00893 e. The van der Waals surface area contributed by atoms with Crippen LogP contribution in [0.1, 0.15) is 140 Å². The van der Waals surface area contributed by atoms with E-state index in [1.807, 2.05) is 0 Å². The van der Waals surface area contributed by atoms with Gasteiger partial charge in [0.05, 0.1) is 0 Å². The number of unbranched alkanes of at least 4 members (excludes halogenated alkanes) is 16. The molecule has 0 heteroatoms. The van der Waals surface area contributed by atoms with Gasteiger partial charge in [-0.25, -0.2) is 0 Å². The molecule has 0 aliphatic carbocycles.